The number of hydrogen-bond donors (Lipinski definition) is 1. The van der Waals surface area contributed by atoms with E-state index in [4.69, 9.17) is 5.11 Å². The number of carbonyl (C=O) groups is 1. The number of aromatic carboxylic acids is 1. The van der Waals surface area contributed by atoms with Crippen LogP contribution >= 0.6 is 0 Å². The van der Waals surface area contributed by atoms with Gasteiger partial charge in [-0.15, -0.1) is 5.10 Å². The molecular weight excluding hydrogens is 220 g/mol. The second kappa shape index (κ2) is 4.44. The lowest BCUT2D eigenvalue weighted by atomic mass is 9.91. The Bertz CT molecular complexity index is 417. The largest absolute Gasteiger partial charge is 0.476 e. The molecular formula is C11H18N4O2. The van der Waals surface area contributed by atoms with E-state index in [-0.39, 0.29) is 11.2 Å². The Morgan fingerprint density at radius 1 is 1.65 bits per heavy atom. The van der Waals surface area contributed by atoms with Gasteiger partial charge in [0.2, 0.25) is 0 Å². The Morgan fingerprint density at radius 3 is 3.00 bits per heavy atom. The van der Waals surface area contributed by atoms with Gasteiger partial charge in [0.1, 0.15) is 0 Å². The summed E-state index contributed by atoms with van der Waals surface area (Å²) >= 11 is 0. The topological polar surface area (TPSA) is 71.2 Å². The van der Waals surface area contributed by atoms with Crippen molar-refractivity contribution >= 4 is 5.97 Å². The summed E-state index contributed by atoms with van der Waals surface area (Å²) in [4.78, 5) is 13.1. The van der Waals surface area contributed by atoms with Gasteiger partial charge in [0.25, 0.3) is 0 Å². The minimum absolute atomic E-state index is 0.0137. The smallest absolute Gasteiger partial charge is 0.358 e. The fraction of sp³-hybridized carbons (Fsp3) is 0.727. The molecule has 0 aromatic carbocycles. The number of rotatable bonds is 3. The van der Waals surface area contributed by atoms with Gasteiger partial charge < -0.3 is 10.0 Å². The lowest BCUT2D eigenvalue weighted by Gasteiger charge is -2.39. The zero-order valence-corrected chi connectivity index (χ0v) is 10.3. The molecule has 1 fully saturated rings. The van der Waals surface area contributed by atoms with Gasteiger partial charge in [-0.3, -0.25) is 0 Å². The summed E-state index contributed by atoms with van der Waals surface area (Å²) in [5.41, 5.74) is -0.130. The van der Waals surface area contributed by atoms with Crippen molar-refractivity contribution in [3.63, 3.8) is 0 Å². The molecule has 0 amide bonds. The van der Waals surface area contributed by atoms with E-state index in [0.717, 1.165) is 32.5 Å². The summed E-state index contributed by atoms with van der Waals surface area (Å²) in [6.45, 7) is 7.25. The van der Waals surface area contributed by atoms with Crippen LogP contribution in [0.5, 0.6) is 0 Å². The summed E-state index contributed by atoms with van der Waals surface area (Å²) in [5.74, 6) is -1.02. The summed E-state index contributed by atoms with van der Waals surface area (Å²) in [6, 6.07) is 0. The maximum absolute atomic E-state index is 10.8. The van der Waals surface area contributed by atoms with Crippen LogP contribution in [0.25, 0.3) is 0 Å². The van der Waals surface area contributed by atoms with Gasteiger partial charge in [-0.25, -0.2) is 9.48 Å². The number of carboxylic acids is 1. The number of carboxylic acid groups (broad SMARTS) is 1. The monoisotopic (exact) mass is 238 g/mol. The maximum Gasteiger partial charge on any atom is 0.358 e. The molecule has 1 unspecified atom stereocenters. The SMILES string of the molecule is CCN1CCCC(C)(n2cc(C(=O)O)nn2)C1. The van der Waals surface area contributed by atoms with Crippen LogP contribution in [0.3, 0.4) is 0 Å². The highest BCUT2D eigenvalue weighted by molar-refractivity contribution is 5.84. The highest BCUT2D eigenvalue weighted by Gasteiger charge is 2.33. The molecule has 0 spiro atoms. The van der Waals surface area contributed by atoms with Gasteiger partial charge in [0.05, 0.1) is 11.7 Å². The molecule has 6 heteroatoms. The molecule has 1 aliphatic rings. The van der Waals surface area contributed by atoms with Crippen LogP contribution in [0.1, 0.15) is 37.2 Å². The van der Waals surface area contributed by atoms with Crippen molar-refractivity contribution in [2.24, 2.45) is 0 Å². The standard InChI is InChI=1S/C11H18N4O2/c1-3-14-6-4-5-11(2,8-14)15-7-9(10(16)17)12-13-15/h7H,3-6,8H2,1-2H3,(H,16,17). The third kappa shape index (κ3) is 2.31. The Hall–Kier alpha value is -1.43. The fourth-order valence-corrected chi connectivity index (χ4v) is 2.41. The zero-order valence-electron chi connectivity index (χ0n) is 10.3. The summed E-state index contributed by atoms with van der Waals surface area (Å²) < 4.78 is 1.71. The average Bonchev–Trinajstić information content (AvgIpc) is 2.79. The second-order valence-electron chi connectivity index (χ2n) is 4.82. The van der Waals surface area contributed by atoms with Crippen LogP contribution in [0, 0.1) is 0 Å². The first-order valence-corrected chi connectivity index (χ1v) is 5.93. The van der Waals surface area contributed by atoms with Crippen molar-refractivity contribution in [1.29, 1.82) is 0 Å². The van der Waals surface area contributed by atoms with E-state index in [0.29, 0.717) is 0 Å². The summed E-state index contributed by atoms with van der Waals surface area (Å²) in [7, 11) is 0. The molecule has 17 heavy (non-hydrogen) atoms. The molecule has 1 aliphatic heterocycles. The first-order valence-electron chi connectivity index (χ1n) is 5.93. The predicted octanol–water partition coefficient (Wildman–Crippen LogP) is 0.807. The predicted molar refractivity (Wildman–Crippen MR) is 62.0 cm³/mol. The van der Waals surface area contributed by atoms with Gasteiger partial charge >= 0.3 is 5.97 Å². The van der Waals surface area contributed by atoms with E-state index in [9.17, 15) is 4.79 Å². The molecule has 1 saturated heterocycles. The van der Waals surface area contributed by atoms with Crippen LogP contribution in [0.2, 0.25) is 0 Å². The Balaban J connectivity index is 2.21. The van der Waals surface area contributed by atoms with Crippen molar-refractivity contribution in [3.8, 4) is 0 Å². The number of nitrogens with zero attached hydrogens (tertiary/aromatic N) is 4. The highest BCUT2D eigenvalue weighted by atomic mass is 16.4. The second-order valence-corrected chi connectivity index (χ2v) is 4.82. The van der Waals surface area contributed by atoms with Crippen LogP contribution in [-0.4, -0.2) is 50.6 Å². The van der Waals surface area contributed by atoms with Crippen molar-refractivity contribution in [3.05, 3.63) is 11.9 Å². The first-order chi connectivity index (χ1) is 8.05. The molecule has 2 heterocycles. The minimum Gasteiger partial charge on any atom is -0.476 e. The normalized spacial score (nSPS) is 26.0. The lowest BCUT2D eigenvalue weighted by Crippen LogP contribution is -2.48. The van der Waals surface area contributed by atoms with E-state index in [1.54, 1.807) is 4.68 Å². The molecule has 0 radical (unpaired) electrons. The molecule has 6 nitrogen and oxygen atoms in total. The lowest BCUT2D eigenvalue weighted by molar-refractivity contribution is 0.0690. The molecule has 0 bridgehead atoms. The van der Waals surface area contributed by atoms with Crippen LogP contribution in [0.15, 0.2) is 6.20 Å². The van der Waals surface area contributed by atoms with E-state index >= 15 is 0 Å². The fourth-order valence-electron chi connectivity index (χ4n) is 2.41. The Labute approximate surface area is 100 Å². The van der Waals surface area contributed by atoms with Crippen LogP contribution in [-0.2, 0) is 5.54 Å². The van der Waals surface area contributed by atoms with E-state index in [1.165, 1.54) is 6.20 Å². The molecule has 1 aromatic rings. The third-order valence-electron chi connectivity index (χ3n) is 3.47. The summed E-state index contributed by atoms with van der Waals surface area (Å²) in [5, 5.41) is 16.5. The first kappa shape index (κ1) is 12.0. The van der Waals surface area contributed by atoms with E-state index in [2.05, 4.69) is 29.1 Å². The minimum atomic E-state index is -1.02. The van der Waals surface area contributed by atoms with E-state index in [1.807, 2.05) is 0 Å². The highest BCUT2D eigenvalue weighted by Crippen LogP contribution is 2.27. The van der Waals surface area contributed by atoms with Gasteiger partial charge in [0, 0.05) is 6.54 Å². The number of likely N-dealkylation sites (tertiary alicyclic amines) is 1. The molecule has 1 N–H and O–H groups in total. The van der Waals surface area contributed by atoms with Gasteiger partial charge in [0.15, 0.2) is 5.69 Å². The Morgan fingerprint density at radius 2 is 2.41 bits per heavy atom. The van der Waals surface area contributed by atoms with Gasteiger partial charge in [-0.1, -0.05) is 12.1 Å². The van der Waals surface area contributed by atoms with Crippen molar-refractivity contribution in [1.82, 2.24) is 19.9 Å². The van der Waals surface area contributed by atoms with Gasteiger partial charge in [-0.05, 0) is 32.9 Å². The van der Waals surface area contributed by atoms with Crippen molar-refractivity contribution in [2.75, 3.05) is 19.6 Å². The zero-order chi connectivity index (χ0) is 12.5. The molecule has 0 aliphatic carbocycles. The quantitative estimate of drug-likeness (QED) is 0.843. The maximum atomic E-state index is 10.8. The number of aromatic nitrogens is 3. The van der Waals surface area contributed by atoms with Crippen LogP contribution < -0.4 is 0 Å². The average molecular weight is 238 g/mol. The molecule has 0 saturated carbocycles. The van der Waals surface area contributed by atoms with Crippen molar-refractivity contribution in [2.45, 2.75) is 32.2 Å². The van der Waals surface area contributed by atoms with Gasteiger partial charge in [-0.2, -0.15) is 0 Å². The molecule has 94 valence electrons. The Kier molecular flexibility index (Phi) is 3.15. The van der Waals surface area contributed by atoms with Crippen LogP contribution in [0.4, 0.5) is 0 Å². The molecule has 2 rings (SSSR count). The number of hydrogen-bond acceptors (Lipinski definition) is 4. The van der Waals surface area contributed by atoms with E-state index < -0.39 is 5.97 Å². The molecule has 1 aromatic heterocycles. The molecule has 1 atom stereocenters. The third-order valence-corrected chi connectivity index (χ3v) is 3.47. The summed E-state index contributed by atoms with van der Waals surface area (Å²) in [6.07, 6.45) is 3.64. The van der Waals surface area contributed by atoms with Crippen molar-refractivity contribution < 1.29 is 9.90 Å². The number of likely N-dealkylation sites (N-methyl/N-ethyl adjacent to an activating group) is 1. The number of piperidine rings is 1.